The maximum atomic E-state index is 13.2. The zero-order valence-corrected chi connectivity index (χ0v) is 16.8. The Morgan fingerprint density at radius 2 is 1.86 bits per heavy atom. The number of benzene rings is 2. The summed E-state index contributed by atoms with van der Waals surface area (Å²) >= 11 is 0. The molecule has 148 valence electrons. The highest BCUT2D eigenvalue weighted by atomic mass is 32.2. The third kappa shape index (κ3) is 5.01. The number of ether oxygens (including phenoxy) is 1. The van der Waals surface area contributed by atoms with Crippen LogP contribution < -0.4 is 4.74 Å². The summed E-state index contributed by atoms with van der Waals surface area (Å²) in [7, 11) is -3.10. The molecule has 1 aliphatic rings. The maximum Gasteiger partial charge on any atom is 0.254 e. The second kappa shape index (κ2) is 8.61. The lowest BCUT2D eigenvalue weighted by molar-refractivity contribution is 0.0681. The van der Waals surface area contributed by atoms with Crippen molar-refractivity contribution in [3.8, 4) is 5.75 Å². The lowest BCUT2D eigenvalue weighted by atomic mass is 10.1. The van der Waals surface area contributed by atoms with Crippen LogP contribution in [0.5, 0.6) is 5.75 Å². The third-order valence-corrected chi connectivity index (χ3v) is 6.60. The van der Waals surface area contributed by atoms with Crippen LogP contribution in [0.15, 0.2) is 61.2 Å². The van der Waals surface area contributed by atoms with Crippen LogP contribution in [0.25, 0.3) is 0 Å². The molecule has 0 bridgehead atoms. The number of carbonyl (C=O) groups is 1. The lowest BCUT2D eigenvalue weighted by Crippen LogP contribution is -2.40. The van der Waals surface area contributed by atoms with E-state index in [1.54, 1.807) is 35.2 Å². The van der Waals surface area contributed by atoms with Crippen molar-refractivity contribution < 1.29 is 17.9 Å². The molecule has 1 aliphatic heterocycles. The first-order chi connectivity index (χ1) is 13.4. The van der Waals surface area contributed by atoms with Gasteiger partial charge in [-0.2, -0.15) is 0 Å². The molecule has 0 radical (unpaired) electrons. The highest BCUT2D eigenvalue weighted by Gasteiger charge is 2.35. The highest BCUT2D eigenvalue weighted by molar-refractivity contribution is 7.91. The summed E-state index contributed by atoms with van der Waals surface area (Å²) in [5.41, 5.74) is 2.64. The average Bonchev–Trinajstić information content (AvgIpc) is 3.05. The number of nitrogens with zero attached hydrogens (tertiary/aromatic N) is 1. The number of sulfone groups is 1. The minimum atomic E-state index is -3.10. The summed E-state index contributed by atoms with van der Waals surface area (Å²) in [4.78, 5) is 14.9. The Kier molecular flexibility index (Phi) is 6.19. The van der Waals surface area contributed by atoms with Gasteiger partial charge in [0.2, 0.25) is 0 Å². The van der Waals surface area contributed by atoms with Crippen LogP contribution in [0.2, 0.25) is 0 Å². The smallest absolute Gasteiger partial charge is 0.254 e. The summed E-state index contributed by atoms with van der Waals surface area (Å²) in [5.74, 6) is 0.636. The van der Waals surface area contributed by atoms with Crippen LogP contribution in [0.3, 0.4) is 0 Å². The Bertz CT molecular complexity index is 934. The van der Waals surface area contributed by atoms with Crippen molar-refractivity contribution in [2.24, 2.45) is 0 Å². The van der Waals surface area contributed by atoms with E-state index in [0.29, 0.717) is 30.9 Å². The quantitative estimate of drug-likeness (QED) is 0.670. The molecule has 28 heavy (non-hydrogen) atoms. The largest absolute Gasteiger partial charge is 0.490 e. The molecule has 5 nitrogen and oxygen atoms in total. The number of carbonyl (C=O) groups excluding carboxylic acids is 1. The normalized spacial score (nSPS) is 17.8. The Labute approximate surface area is 166 Å². The first kappa shape index (κ1) is 20.1. The van der Waals surface area contributed by atoms with E-state index in [4.69, 9.17) is 4.74 Å². The molecule has 0 aromatic heterocycles. The zero-order chi connectivity index (χ0) is 20.1. The summed E-state index contributed by atoms with van der Waals surface area (Å²) < 4.78 is 29.4. The lowest BCUT2D eigenvalue weighted by Gasteiger charge is -2.28. The van der Waals surface area contributed by atoms with Crippen LogP contribution in [0.4, 0.5) is 0 Å². The van der Waals surface area contributed by atoms with Gasteiger partial charge in [0.25, 0.3) is 5.91 Å². The molecular formula is C22H25NO4S. The van der Waals surface area contributed by atoms with E-state index in [0.717, 1.165) is 11.1 Å². The van der Waals surface area contributed by atoms with E-state index < -0.39 is 9.84 Å². The Morgan fingerprint density at radius 1 is 1.18 bits per heavy atom. The van der Waals surface area contributed by atoms with Crippen molar-refractivity contribution in [3.63, 3.8) is 0 Å². The second-order valence-corrected chi connectivity index (χ2v) is 9.33. The maximum absolute atomic E-state index is 13.2. The molecule has 2 aromatic rings. The molecule has 1 fully saturated rings. The van der Waals surface area contributed by atoms with E-state index in [1.807, 2.05) is 31.2 Å². The van der Waals surface area contributed by atoms with E-state index in [-0.39, 0.29) is 23.5 Å². The van der Waals surface area contributed by atoms with Gasteiger partial charge in [0.05, 0.1) is 11.5 Å². The van der Waals surface area contributed by atoms with Crippen LogP contribution in [-0.4, -0.2) is 43.4 Å². The molecule has 1 heterocycles. The van der Waals surface area contributed by atoms with E-state index in [2.05, 4.69) is 6.58 Å². The minimum absolute atomic E-state index is 0.0190. The first-order valence-electron chi connectivity index (χ1n) is 9.28. The van der Waals surface area contributed by atoms with Crippen LogP contribution in [0.1, 0.15) is 27.9 Å². The topological polar surface area (TPSA) is 63.7 Å². The summed E-state index contributed by atoms with van der Waals surface area (Å²) in [6.45, 7) is 6.40. The summed E-state index contributed by atoms with van der Waals surface area (Å²) in [6, 6.07) is 14.5. The van der Waals surface area contributed by atoms with Crippen molar-refractivity contribution >= 4 is 15.7 Å². The second-order valence-electron chi connectivity index (χ2n) is 7.10. The predicted octanol–water partition coefficient (Wildman–Crippen LogP) is 3.39. The molecule has 2 aromatic carbocycles. The van der Waals surface area contributed by atoms with Crippen molar-refractivity contribution in [2.45, 2.75) is 25.9 Å². The van der Waals surface area contributed by atoms with Crippen molar-refractivity contribution in [3.05, 3.63) is 77.9 Å². The van der Waals surface area contributed by atoms with Gasteiger partial charge in [0.15, 0.2) is 9.84 Å². The number of amides is 1. The number of aryl methyl sites for hydroxylation is 1. The Morgan fingerprint density at radius 3 is 2.43 bits per heavy atom. The Hall–Kier alpha value is -2.60. The summed E-state index contributed by atoms with van der Waals surface area (Å²) in [5, 5.41) is 0. The Balaban J connectivity index is 1.83. The molecule has 0 N–H and O–H groups in total. The van der Waals surface area contributed by atoms with Crippen molar-refractivity contribution in [1.29, 1.82) is 0 Å². The van der Waals surface area contributed by atoms with Crippen LogP contribution >= 0.6 is 0 Å². The molecule has 3 rings (SSSR count). The number of rotatable bonds is 7. The number of hydrogen-bond acceptors (Lipinski definition) is 4. The molecule has 0 saturated carbocycles. The predicted molar refractivity (Wildman–Crippen MR) is 110 cm³/mol. The van der Waals surface area contributed by atoms with Crippen LogP contribution in [-0.2, 0) is 16.4 Å². The monoisotopic (exact) mass is 399 g/mol. The van der Waals surface area contributed by atoms with E-state index in [1.165, 1.54) is 0 Å². The van der Waals surface area contributed by atoms with E-state index in [9.17, 15) is 13.2 Å². The third-order valence-electron chi connectivity index (χ3n) is 4.85. The minimum Gasteiger partial charge on any atom is -0.490 e. The SMILES string of the molecule is C=CCOc1ccc(C(=O)N(Cc2ccc(C)cc2)C2CCS(=O)(=O)C2)cc1. The van der Waals surface area contributed by atoms with Gasteiger partial charge in [-0.1, -0.05) is 42.5 Å². The molecule has 6 heteroatoms. The van der Waals surface area contributed by atoms with Gasteiger partial charge < -0.3 is 9.64 Å². The van der Waals surface area contributed by atoms with Crippen molar-refractivity contribution in [1.82, 2.24) is 4.90 Å². The molecule has 0 spiro atoms. The van der Waals surface area contributed by atoms with Gasteiger partial charge in [0, 0.05) is 18.2 Å². The van der Waals surface area contributed by atoms with Gasteiger partial charge in [0.1, 0.15) is 12.4 Å². The fourth-order valence-corrected chi connectivity index (χ4v) is 5.02. The molecule has 0 aliphatic carbocycles. The van der Waals surface area contributed by atoms with Crippen LogP contribution in [0, 0.1) is 6.92 Å². The fourth-order valence-electron chi connectivity index (χ4n) is 3.29. The fraction of sp³-hybridized carbons (Fsp3) is 0.318. The molecule has 1 unspecified atom stereocenters. The molecule has 1 atom stereocenters. The standard InChI is InChI=1S/C22H25NO4S/c1-3-13-27-21-10-8-19(9-11-21)22(24)23(20-12-14-28(25,26)16-20)15-18-6-4-17(2)5-7-18/h3-11,20H,1,12-16H2,2H3. The van der Waals surface area contributed by atoms with Gasteiger partial charge in [-0.15, -0.1) is 0 Å². The zero-order valence-electron chi connectivity index (χ0n) is 16.0. The van der Waals surface area contributed by atoms with Gasteiger partial charge >= 0.3 is 0 Å². The van der Waals surface area contributed by atoms with E-state index >= 15 is 0 Å². The number of hydrogen-bond donors (Lipinski definition) is 0. The molecular weight excluding hydrogens is 374 g/mol. The van der Waals surface area contributed by atoms with Gasteiger partial charge in [-0.25, -0.2) is 8.42 Å². The summed E-state index contributed by atoms with van der Waals surface area (Å²) in [6.07, 6.45) is 2.13. The van der Waals surface area contributed by atoms with Gasteiger partial charge in [-0.3, -0.25) is 4.79 Å². The molecule has 1 saturated heterocycles. The van der Waals surface area contributed by atoms with Gasteiger partial charge in [-0.05, 0) is 43.2 Å². The van der Waals surface area contributed by atoms with Crippen molar-refractivity contribution in [2.75, 3.05) is 18.1 Å². The highest BCUT2D eigenvalue weighted by Crippen LogP contribution is 2.23. The average molecular weight is 400 g/mol. The molecule has 1 amide bonds. The first-order valence-corrected chi connectivity index (χ1v) is 11.1.